The maximum Gasteiger partial charge on any atom is 0.331 e. The average molecular weight is 390 g/mol. The summed E-state index contributed by atoms with van der Waals surface area (Å²) in [5.41, 5.74) is 0.0447. The van der Waals surface area contributed by atoms with Gasteiger partial charge in [-0.25, -0.2) is 14.5 Å². The molecule has 3 heterocycles. The summed E-state index contributed by atoms with van der Waals surface area (Å²) in [6, 6.07) is 12.0. The van der Waals surface area contributed by atoms with Crippen molar-refractivity contribution in [2.45, 2.75) is 20.0 Å². The van der Waals surface area contributed by atoms with Gasteiger partial charge in [-0.2, -0.15) is 5.10 Å². The van der Waals surface area contributed by atoms with Crippen LogP contribution in [0.3, 0.4) is 0 Å². The Kier molecular flexibility index (Phi) is 4.78. The number of aromatic nitrogens is 5. The summed E-state index contributed by atoms with van der Waals surface area (Å²) in [6.07, 6.45) is 4.93. The summed E-state index contributed by atoms with van der Waals surface area (Å²) in [4.78, 5) is 42.0. The largest absolute Gasteiger partial charge is 0.331 e. The lowest BCUT2D eigenvalue weighted by Crippen LogP contribution is -2.41. The third-order valence-electron chi connectivity index (χ3n) is 4.52. The lowest BCUT2D eigenvalue weighted by atomic mass is 10.2. The molecule has 0 bridgehead atoms. The van der Waals surface area contributed by atoms with E-state index in [-0.39, 0.29) is 18.6 Å². The third kappa shape index (κ3) is 3.45. The van der Waals surface area contributed by atoms with Crippen LogP contribution in [0.2, 0.25) is 0 Å². The molecule has 0 radical (unpaired) electrons. The zero-order valence-electron chi connectivity index (χ0n) is 15.6. The van der Waals surface area contributed by atoms with Crippen molar-refractivity contribution in [3.8, 4) is 5.82 Å². The van der Waals surface area contributed by atoms with Gasteiger partial charge in [-0.1, -0.05) is 12.1 Å². The van der Waals surface area contributed by atoms with Gasteiger partial charge in [0.05, 0.1) is 22.8 Å². The van der Waals surface area contributed by atoms with Gasteiger partial charge < -0.3 is 5.32 Å². The molecule has 1 aromatic carbocycles. The minimum atomic E-state index is -0.515. The van der Waals surface area contributed by atoms with Crippen LogP contribution in [0.25, 0.3) is 16.7 Å². The van der Waals surface area contributed by atoms with E-state index < -0.39 is 11.6 Å². The molecule has 0 unspecified atom stereocenters. The minimum absolute atomic E-state index is 0.222. The number of amides is 1. The van der Waals surface area contributed by atoms with Gasteiger partial charge in [0.1, 0.15) is 6.54 Å². The van der Waals surface area contributed by atoms with Crippen molar-refractivity contribution in [3.63, 3.8) is 0 Å². The molecule has 0 saturated heterocycles. The molecule has 146 valence electrons. The molecule has 0 saturated carbocycles. The summed E-state index contributed by atoms with van der Waals surface area (Å²) >= 11 is 0. The zero-order chi connectivity index (χ0) is 20.4. The Hall–Kier alpha value is -4.01. The Morgan fingerprint density at radius 3 is 2.59 bits per heavy atom. The summed E-state index contributed by atoms with van der Waals surface area (Å²) in [6.45, 7) is 1.72. The van der Waals surface area contributed by atoms with Crippen LogP contribution < -0.4 is 16.6 Å². The fourth-order valence-corrected chi connectivity index (χ4v) is 3.15. The van der Waals surface area contributed by atoms with Crippen LogP contribution in [0.1, 0.15) is 6.92 Å². The van der Waals surface area contributed by atoms with Crippen LogP contribution in [0.4, 0.5) is 5.69 Å². The topological polar surface area (TPSA) is 104 Å². The van der Waals surface area contributed by atoms with Crippen LogP contribution in [0.5, 0.6) is 0 Å². The van der Waals surface area contributed by atoms with Gasteiger partial charge in [-0.3, -0.25) is 18.7 Å². The van der Waals surface area contributed by atoms with E-state index in [1.807, 2.05) is 0 Å². The highest BCUT2D eigenvalue weighted by atomic mass is 16.2. The number of carbonyl (C=O) groups excluding carboxylic acids is 1. The Balaban J connectivity index is 1.61. The van der Waals surface area contributed by atoms with Crippen molar-refractivity contribution in [3.05, 3.63) is 81.9 Å². The first kappa shape index (κ1) is 18.4. The van der Waals surface area contributed by atoms with E-state index in [1.165, 1.54) is 10.8 Å². The molecule has 4 rings (SSSR count). The van der Waals surface area contributed by atoms with Crippen molar-refractivity contribution < 1.29 is 4.79 Å². The lowest BCUT2D eigenvalue weighted by molar-refractivity contribution is -0.116. The molecule has 0 atom stereocenters. The Labute approximate surface area is 164 Å². The number of para-hydroxylation sites is 1. The maximum absolute atomic E-state index is 12.7. The molecule has 0 aliphatic rings. The van der Waals surface area contributed by atoms with E-state index in [2.05, 4.69) is 15.4 Å². The van der Waals surface area contributed by atoms with Crippen LogP contribution in [0.15, 0.2) is 70.6 Å². The first-order valence-electron chi connectivity index (χ1n) is 9.07. The summed E-state index contributed by atoms with van der Waals surface area (Å²) < 4.78 is 4.03. The highest BCUT2D eigenvalue weighted by molar-refractivity contribution is 5.91. The van der Waals surface area contributed by atoms with Gasteiger partial charge in [0.2, 0.25) is 5.91 Å². The smallest absolute Gasteiger partial charge is 0.323 e. The number of anilines is 1. The van der Waals surface area contributed by atoms with E-state index in [0.717, 1.165) is 4.57 Å². The van der Waals surface area contributed by atoms with Gasteiger partial charge in [-0.15, -0.1) is 0 Å². The highest BCUT2D eigenvalue weighted by Gasteiger charge is 2.14. The normalized spacial score (nSPS) is 10.9. The van der Waals surface area contributed by atoms with E-state index >= 15 is 0 Å². The second-order valence-corrected chi connectivity index (χ2v) is 6.34. The number of pyridine rings is 1. The fourth-order valence-electron chi connectivity index (χ4n) is 3.15. The number of fused-ring (bicyclic) bond motifs is 1. The van der Waals surface area contributed by atoms with Crippen molar-refractivity contribution in [1.29, 1.82) is 0 Å². The number of hydrogen-bond acceptors (Lipinski definition) is 5. The first-order chi connectivity index (χ1) is 14.1. The molecular weight excluding hydrogens is 372 g/mol. The lowest BCUT2D eigenvalue weighted by Gasteiger charge is -2.13. The molecule has 0 aliphatic carbocycles. The number of hydrogen-bond donors (Lipinski definition) is 1. The standard InChI is InChI=1S/C20H18N6O3/c1-2-24-19(28)15-6-3-4-7-16(15)25(20(24)29)13-18(27)23-14-8-9-17(21-12-14)26-11-5-10-22-26/h3-12H,2,13H2,1H3,(H,23,27). The van der Waals surface area contributed by atoms with Crippen molar-refractivity contribution in [1.82, 2.24) is 23.9 Å². The van der Waals surface area contributed by atoms with Crippen molar-refractivity contribution in [2.24, 2.45) is 0 Å². The summed E-state index contributed by atoms with van der Waals surface area (Å²) in [5.74, 6) is 0.220. The quantitative estimate of drug-likeness (QED) is 0.555. The third-order valence-corrected chi connectivity index (χ3v) is 4.52. The van der Waals surface area contributed by atoms with E-state index in [4.69, 9.17) is 0 Å². The van der Waals surface area contributed by atoms with Crippen LogP contribution in [-0.2, 0) is 17.9 Å². The van der Waals surface area contributed by atoms with Gasteiger partial charge >= 0.3 is 5.69 Å². The molecule has 0 spiro atoms. The number of nitrogens with zero attached hydrogens (tertiary/aromatic N) is 5. The monoisotopic (exact) mass is 390 g/mol. The Morgan fingerprint density at radius 1 is 1.07 bits per heavy atom. The fraction of sp³-hybridized carbons (Fsp3) is 0.150. The predicted octanol–water partition coefficient (Wildman–Crippen LogP) is 1.40. The van der Waals surface area contributed by atoms with Crippen molar-refractivity contribution in [2.75, 3.05) is 5.32 Å². The van der Waals surface area contributed by atoms with E-state index in [0.29, 0.717) is 22.4 Å². The number of rotatable bonds is 5. The summed E-state index contributed by atoms with van der Waals surface area (Å²) in [7, 11) is 0. The molecule has 0 fully saturated rings. The van der Waals surface area contributed by atoms with Gasteiger partial charge in [-0.05, 0) is 37.3 Å². The number of carbonyl (C=O) groups is 1. The molecule has 9 nitrogen and oxygen atoms in total. The molecule has 1 N–H and O–H groups in total. The predicted molar refractivity (Wildman–Crippen MR) is 108 cm³/mol. The molecule has 9 heteroatoms. The molecule has 1 amide bonds. The van der Waals surface area contributed by atoms with Gasteiger partial charge in [0.25, 0.3) is 5.56 Å². The molecular formula is C20H18N6O3. The second-order valence-electron chi connectivity index (χ2n) is 6.34. The van der Waals surface area contributed by atoms with E-state index in [9.17, 15) is 14.4 Å². The van der Waals surface area contributed by atoms with Gasteiger partial charge in [0, 0.05) is 18.9 Å². The first-order valence-corrected chi connectivity index (χ1v) is 9.07. The van der Waals surface area contributed by atoms with Crippen LogP contribution in [-0.4, -0.2) is 29.8 Å². The van der Waals surface area contributed by atoms with E-state index in [1.54, 1.807) is 66.5 Å². The van der Waals surface area contributed by atoms with Crippen LogP contribution in [0, 0.1) is 0 Å². The Bertz CT molecular complexity index is 1290. The number of benzene rings is 1. The Morgan fingerprint density at radius 2 is 1.90 bits per heavy atom. The van der Waals surface area contributed by atoms with Gasteiger partial charge in [0.15, 0.2) is 5.82 Å². The van der Waals surface area contributed by atoms with Crippen molar-refractivity contribution >= 4 is 22.5 Å². The highest BCUT2D eigenvalue weighted by Crippen LogP contribution is 2.11. The summed E-state index contributed by atoms with van der Waals surface area (Å²) in [5, 5.41) is 7.22. The average Bonchev–Trinajstić information content (AvgIpc) is 3.27. The molecule has 4 aromatic rings. The van der Waals surface area contributed by atoms with Crippen LogP contribution >= 0.6 is 0 Å². The molecule has 29 heavy (non-hydrogen) atoms. The minimum Gasteiger partial charge on any atom is -0.323 e. The maximum atomic E-state index is 12.7. The zero-order valence-corrected chi connectivity index (χ0v) is 15.6. The SMILES string of the molecule is CCn1c(=O)c2ccccc2n(CC(=O)Nc2ccc(-n3cccn3)nc2)c1=O. The molecule has 3 aromatic heterocycles. The number of nitrogens with one attached hydrogen (secondary N) is 1. The molecule has 0 aliphatic heterocycles. The second kappa shape index (κ2) is 7.55.